The van der Waals surface area contributed by atoms with Gasteiger partial charge in [-0.15, -0.1) is 0 Å². The highest BCUT2D eigenvalue weighted by Crippen LogP contribution is 2.27. The lowest BCUT2D eigenvalue weighted by atomic mass is 9.84. The SMILES string of the molecule is C[C@H](NCc1ccc(Br)cc1Cl)C1CCCCC1. The molecule has 0 aliphatic heterocycles. The minimum absolute atomic E-state index is 0.588. The first-order valence-electron chi connectivity index (χ1n) is 6.84. The number of benzene rings is 1. The Morgan fingerprint density at radius 1 is 1.33 bits per heavy atom. The van der Waals surface area contributed by atoms with Gasteiger partial charge in [0.25, 0.3) is 0 Å². The Balaban J connectivity index is 1.86. The van der Waals surface area contributed by atoms with E-state index in [1.807, 2.05) is 12.1 Å². The van der Waals surface area contributed by atoms with Crippen LogP contribution >= 0.6 is 27.5 Å². The van der Waals surface area contributed by atoms with Gasteiger partial charge in [-0.2, -0.15) is 0 Å². The minimum Gasteiger partial charge on any atom is -0.310 e. The van der Waals surface area contributed by atoms with Gasteiger partial charge in [0.15, 0.2) is 0 Å². The number of hydrogen-bond acceptors (Lipinski definition) is 1. The molecule has 2 rings (SSSR count). The van der Waals surface area contributed by atoms with Crippen LogP contribution in [-0.2, 0) is 6.54 Å². The lowest BCUT2D eigenvalue weighted by Crippen LogP contribution is -2.34. The average Bonchev–Trinajstić information content (AvgIpc) is 2.38. The third-order valence-corrected chi connectivity index (χ3v) is 4.83. The van der Waals surface area contributed by atoms with Crippen molar-refractivity contribution in [1.29, 1.82) is 0 Å². The van der Waals surface area contributed by atoms with E-state index in [2.05, 4.69) is 34.2 Å². The highest BCUT2D eigenvalue weighted by Gasteiger charge is 2.19. The molecular formula is C15H21BrClN. The molecule has 0 unspecified atom stereocenters. The molecule has 0 bridgehead atoms. The summed E-state index contributed by atoms with van der Waals surface area (Å²) in [5, 5.41) is 4.47. The number of hydrogen-bond donors (Lipinski definition) is 1. The molecule has 1 aromatic carbocycles. The quantitative estimate of drug-likeness (QED) is 0.804. The van der Waals surface area contributed by atoms with E-state index >= 15 is 0 Å². The van der Waals surface area contributed by atoms with Crippen LogP contribution in [0.3, 0.4) is 0 Å². The Kier molecular flexibility index (Phi) is 5.53. The normalized spacial score (nSPS) is 18.8. The van der Waals surface area contributed by atoms with Gasteiger partial charge in [-0.25, -0.2) is 0 Å². The predicted octanol–water partition coefficient (Wildman–Crippen LogP) is 5.16. The summed E-state index contributed by atoms with van der Waals surface area (Å²) in [6, 6.07) is 6.69. The van der Waals surface area contributed by atoms with Crippen LogP contribution in [0, 0.1) is 5.92 Å². The van der Waals surface area contributed by atoms with Crippen molar-refractivity contribution in [3.8, 4) is 0 Å². The maximum atomic E-state index is 6.23. The minimum atomic E-state index is 0.588. The molecule has 1 atom stereocenters. The molecule has 1 nitrogen and oxygen atoms in total. The lowest BCUT2D eigenvalue weighted by Gasteiger charge is -2.28. The van der Waals surface area contributed by atoms with Crippen LogP contribution in [0.15, 0.2) is 22.7 Å². The van der Waals surface area contributed by atoms with E-state index in [0.717, 1.165) is 22.0 Å². The van der Waals surface area contributed by atoms with Crippen molar-refractivity contribution in [2.75, 3.05) is 0 Å². The van der Waals surface area contributed by atoms with E-state index in [0.29, 0.717) is 6.04 Å². The van der Waals surface area contributed by atoms with Gasteiger partial charge in [0.2, 0.25) is 0 Å². The van der Waals surface area contributed by atoms with Gasteiger partial charge in [0.1, 0.15) is 0 Å². The highest BCUT2D eigenvalue weighted by molar-refractivity contribution is 9.10. The third kappa shape index (κ3) is 3.97. The molecule has 1 aliphatic carbocycles. The maximum absolute atomic E-state index is 6.23. The van der Waals surface area contributed by atoms with Crippen LogP contribution in [0.2, 0.25) is 5.02 Å². The third-order valence-electron chi connectivity index (χ3n) is 3.99. The molecule has 1 N–H and O–H groups in total. The van der Waals surface area contributed by atoms with Crippen molar-refractivity contribution in [1.82, 2.24) is 5.32 Å². The molecule has 0 heterocycles. The van der Waals surface area contributed by atoms with Gasteiger partial charge < -0.3 is 5.32 Å². The molecule has 0 radical (unpaired) electrons. The number of nitrogens with one attached hydrogen (secondary N) is 1. The fraction of sp³-hybridized carbons (Fsp3) is 0.600. The Labute approximate surface area is 123 Å². The summed E-state index contributed by atoms with van der Waals surface area (Å²) in [4.78, 5) is 0. The van der Waals surface area contributed by atoms with E-state index in [1.165, 1.54) is 37.7 Å². The molecule has 0 aromatic heterocycles. The summed E-state index contributed by atoms with van der Waals surface area (Å²) in [5.74, 6) is 0.841. The second-order valence-electron chi connectivity index (χ2n) is 5.30. The van der Waals surface area contributed by atoms with Crippen LogP contribution in [0.1, 0.15) is 44.6 Å². The van der Waals surface area contributed by atoms with E-state index in [1.54, 1.807) is 0 Å². The molecule has 0 amide bonds. The van der Waals surface area contributed by atoms with Crippen molar-refractivity contribution in [2.24, 2.45) is 5.92 Å². The maximum Gasteiger partial charge on any atom is 0.0462 e. The molecule has 0 spiro atoms. The van der Waals surface area contributed by atoms with Gasteiger partial charge in [0.05, 0.1) is 0 Å². The van der Waals surface area contributed by atoms with Crippen LogP contribution in [-0.4, -0.2) is 6.04 Å². The molecule has 1 aliphatic rings. The lowest BCUT2D eigenvalue weighted by molar-refractivity contribution is 0.280. The Hall–Kier alpha value is -0.0500. The second-order valence-corrected chi connectivity index (χ2v) is 6.63. The Morgan fingerprint density at radius 2 is 2.06 bits per heavy atom. The summed E-state index contributed by atoms with van der Waals surface area (Å²) < 4.78 is 1.04. The molecule has 1 saturated carbocycles. The van der Waals surface area contributed by atoms with Gasteiger partial charge in [-0.05, 0) is 43.4 Å². The first kappa shape index (κ1) is 14.4. The fourth-order valence-electron chi connectivity index (χ4n) is 2.74. The zero-order chi connectivity index (χ0) is 13.0. The van der Waals surface area contributed by atoms with Crippen molar-refractivity contribution in [3.05, 3.63) is 33.3 Å². The number of halogens is 2. The smallest absolute Gasteiger partial charge is 0.0462 e. The fourth-order valence-corrected chi connectivity index (χ4v) is 3.48. The summed E-state index contributed by atoms with van der Waals surface area (Å²) in [7, 11) is 0. The molecule has 1 aromatic rings. The van der Waals surface area contributed by atoms with Gasteiger partial charge in [-0.3, -0.25) is 0 Å². The summed E-state index contributed by atoms with van der Waals surface area (Å²) in [6.07, 6.45) is 6.97. The van der Waals surface area contributed by atoms with E-state index in [9.17, 15) is 0 Å². The molecule has 18 heavy (non-hydrogen) atoms. The van der Waals surface area contributed by atoms with Crippen LogP contribution in [0.25, 0.3) is 0 Å². The van der Waals surface area contributed by atoms with Crippen LogP contribution < -0.4 is 5.32 Å². The average molecular weight is 331 g/mol. The second kappa shape index (κ2) is 6.93. The van der Waals surface area contributed by atoms with Gasteiger partial charge >= 0.3 is 0 Å². The summed E-state index contributed by atoms with van der Waals surface area (Å²) in [5.41, 5.74) is 1.18. The highest BCUT2D eigenvalue weighted by atomic mass is 79.9. The largest absolute Gasteiger partial charge is 0.310 e. The topological polar surface area (TPSA) is 12.0 Å². The standard InChI is InChI=1S/C15H21BrClN/c1-11(12-5-3-2-4-6-12)18-10-13-7-8-14(16)9-15(13)17/h7-9,11-12,18H,2-6,10H2,1H3/t11-/m0/s1. The van der Waals surface area contributed by atoms with E-state index < -0.39 is 0 Å². The zero-order valence-electron chi connectivity index (χ0n) is 10.9. The van der Waals surface area contributed by atoms with Crippen LogP contribution in [0.5, 0.6) is 0 Å². The molecule has 1 fully saturated rings. The van der Waals surface area contributed by atoms with Crippen molar-refractivity contribution in [3.63, 3.8) is 0 Å². The monoisotopic (exact) mass is 329 g/mol. The predicted molar refractivity (Wildman–Crippen MR) is 82.0 cm³/mol. The number of rotatable bonds is 4. The molecule has 100 valence electrons. The van der Waals surface area contributed by atoms with Crippen molar-refractivity contribution < 1.29 is 0 Å². The Morgan fingerprint density at radius 3 is 2.72 bits per heavy atom. The van der Waals surface area contributed by atoms with Gasteiger partial charge in [-0.1, -0.05) is 52.9 Å². The zero-order valence-corrected chi connectivity index (χ0v) is 13.2. The van der Waals surface area contributed by atoms with Crippen molar-refractivity contribution >= 4 is 27.5 Å². The molecule has 3 heteroatoms. The van der Waals surface area contributed by atoms with E-state index in [-0.39, 0.29) is 0 Å². The molecular weight excluding hydrogens is 310 g/mol. The summed E-state index contributed by atoms with van der Waals surface area (Å²) in [6.45, 7) is 3.17. The van der Waals surface area contributed by atoms with Gasteiger partial charge in [0, 0.05) is 22.1 Å². The van der Waals surface area contributed by atoms with E-state index in [4.69, 9.17) is 11.6 Å². The first-order chi connectivity index (χ1) is 8.66. The summed E-state index contributed by atoms with van der Waals surface area (Å²) >= 11 is 9.66. The first-order valence-corrected chi connectivity index (χ1v) is 8.01. The van der Waals surface area contributed by atoms with Crippen LogP contribution in [0.4, 0.5) is 0 Å². The molecule has 0 saturated heterocycles. The van der Waals surface area contributed by atoms with Crippen molar-refractivity contribution in [2.45, 2.75) is 51.6 Å². The Bertz CT molecular complexity index is 388.